The number of hydrogen-bond donors (Lipinski definition) is 4. The number of hydrogen-bond acceptors (Lipinski definition) is 8. The zero-order valence-electron chi connectivity index (χ0n) is 29.3. The summed E-state index contributed by atoms with van der Waals surface area (Å²) in [5, 5.41) is 12.7. The van der Waals surface area contributed by atoms with Crippen molar-refractivity contribution >= 4 is 23.4 Å². The van der Waals surface area contributed by atoms with Gasteiger partial charge < -0.3 is 30.7 Å². The van der Waals surface area contributed by atoms with Crippen molar-refractivity contribution in [3.63, 3.8) is 0 Å². The maximum atomic E-state index is 13.6. The maximum Gasteiger partial charge on any atom is 0.266 e. The molecule has 7 rings (SSSR count). The standard InChI is InChI=1S/C42H46N4O6/c47-37-31-18-7-9-20-35(31)51-39(41(49)45-29-14-3-1-4-15-29)33(37)25-43-23-27-12-11-13-28(22-27)24-44-26-34-38(48)32-19-8-10-21-36(32)52-40(34)42(50)46-30-16-5-2-6-17-30/h7-13,18-22,25-26,29-30,39-40,43-44H,1-6,14-17,23-24H2,(H,45,49)(H,46,50)/b33-25+,34-26+. The van der Waals surface area contributed by atoms with Crippen molar-refractivity contribution < 1.29 is 28.7 Å². The summed E-state index contributed by atoms with van der Waals surface area (Å²) in [6.07, 6.45) is 11.5. The third kappa shape index (κ3) is 8.06. The highest BCUT2D eigenvalue weighted by Gasteiger charge is 2.38. The number of Topliss-reactive ketones (excluding diaryl/α,β-unsaturated/α-hetero) is 2. The van der Waals surface area contributed by atoms with Gasteiger partial charge in [-0.05, 0) is 61.1 Å². The topological polar surface area (TPSA) is 135 Å². The van der Waals surface area contributed by atoms with Crippen molar-refractivity contribution in [2.24, 2.45) is 0 Å². The largest absolute Gasteiger partial charge is 0.475 e. The van der Waals surface area contributed by atoms with Gasteiger partial charge in [0.25, 0.3) is 11.8 Å². The first-order valence-electron chi connectivity index (χ1n) is 18.6. The molecule has 2 aliphatic heterocycles. The molecule has 4 N–H and O–H groups in total. The van der Waals surface area contributed by atoms with Crippen LogP contribution in [0.1, 0.15) is 96.1 Å². The molecule has 3 aromatic carbocycles. The fourth-order valence-corrected chi connectivity index (χ4v) is 7.57. The van der Waals surface area contributed by atoms with Gasteiger partial charge in [0.15, 0.2) is 11.6 Å². The smallest absolute Gasteiger partial charge is 0.266 e. The number of amides is 2. The second kappa shape index (κ2) is 16.3. The summed E-state index contributed by atoms with van der Waals surface area (Å²) in [7, 11) is 0. The SMILES string of the molecule is O=C1/C(=C\NCc2cccc(CN/C=C3\C(=O)c4ccccc4OC3C(=O)NC3CCCCC3)c2)C(C(=O)NC2CCCCC2)Oc2ccccc21. The van der Waals surface area contributed by atoms with E-state index in [4.69, 9.17) is 9.47 Å². The van der Waals surface area contributed by atoms with E-state index in [-0.39, 0.29) is 46.6 Å². The number of rotatable bonds is 10. The second-order valence-corrected chi connectivity index (χ2v) is 14.1. The van der Waals surface area contributed by atoms with Gasteiger partial charge >= 0.3 is 0 Å². The quantitative estimate of drug-likeness (QED) is 0.194. The van der Waals surface area contributed by atoms with Gasteiger partial charge in [0.1, 0.15) is 11.5 Å². The molecule has 0 bridgehead atoms. The number of ether oxygens (including phenoxy) is 2. The van der Waals surface area contributed by atoms with Gasteiger partial charge in [-0.2, -0.15) is 0 Å². The molecule has 10 nitrogen and oxygen atoms in total. The molecule has 52 heavy (non-hydrogen) atoms. The molecule has 4 aliphatic rings. The Morgan fingerprint density at radius 2 is 1.00 bits per heavy atom. The Kier molecular flexibility index (Phi) is 11.0. The molecule has 2 atom stereocenters. The monoisotopic (exact) mass is 702 g/mol. The molecule has 3 aromatic rings. The zero-order valence-corrected chi connectivity index (χ0v) is 29.3. The fourth-order valence-electron chi connectivity index (χ4n) is 7.57. The second-order valence-electron chi connectivity index (χ2n) is 14.1. The van der Waals surface area contributed by atoms with Crippen molar-refractivity contribution in [2.45, 2.75) is 102 Å². The van der Waals surface area contributed by atoms with Crippen LogP contribution in [0.2, 0.25) is 0 Å². The Hall–Kier alpha value is -5.38. The van der Waals surface area contributed by atoms with Crippen LogP contribution in [0.15, 0.2) is 96.3 Å². The zero-order chi connectivity index (χ0) is 35.9. The molecule has 2 aliphatic carbocycles. The number of ketones is 2. The first kappa shape index (κ1) is 35.0. The summed E-state index contributed by atoms with van der Waals surface area (Å²) < 4.78 is 12.2. The molecular weight excluding hydrogens is 656 g/mol. The number of carbonyl (C=O) groups excluding carboxylic acids is 4. The number of benzene rings is 3. The lowest BCUT2D eigenvalue weighted by molar-refractivity contribution is -0.128. The van der Waals surface area contributed by atoms with Crippen LogP contribution in [0.3, 0.4) is 0 Å². The Balaban J connectivity index is 1.02. The summed E-state index contributed by atoms with van der Waals surface area (Å²) in [6, 6.07) is 22.1. The normalized spacial score (nSPS) is 22.1. The molecule has 270 valence electrons. The van der Waals surface area contributed by atoms with Gasteiger partial charge in [0.2, 0.25) is 12.2 Å². The van der Waals surface area contributed by atoms with Gasteiger partial charge in [-0.3, -0.25) is 19.2 Å². The van der Waals surface area contributed by atoms with Crippen molar-refractivity contribution in [3.05, 3.63) is 119 Å². The van der Waals surface area contributed by atoms with Gasteiger partial charge in [-0.25, -0.2) is 0 Å². The van der Waals surface area contributed by atoms with E-state index in [1.54, 1.807) is 60.9 Å². The minimum absolute atomic E-state index is 0.0856. The molecule has 2 heterocycles. The van der Waals surface area contributed by atoms with Gasteiger partial charge in [0, 0.05) is 37.6 Å². The third-order valence-electron chi connectivity index (χ3n) is 10.3. The van der Waals surface area contributed by atoms with Crippen LogP contribution in [0.25, 0.3) is 0 Å². The first-order chi connectivity index (χ1) is 25.4. The molecule has 2 saturated carbocycles. The molecule has 0 radical (unpaired) electrons. The summed E-state index contributed by atoms with van der Waals surface area (Å²) in [5.74, 6) is -0.263. The fraction of sp³-hybridized carbons (Fsp3) is 0.381. The van der Waals surface area contributed by atoms with E-state index in [0.29, 0.717) is 35.7 Å². The summed E-state index contributed by atoms with van der Waals surface area (Å²) in [6.45, 7) is 0.799. The van der Waals surface area contributed by atoms with Crippen molar-refractivity contribution in [3.8, 4) is 11.5 Å². The van der Waals surface area contributed by atoms with Crippen LogP contribution < -0.4 is 30.7 Å². The molecule has 0 aromatic heterocycles. The van der Waals surface area contributed by atoms with E-state index in [9.17, 15) is 19.2 Å². The highest BCUT2D eigenvalue weighted by atomic mass is 16.5. The van der Waals surface area contributed by atoms with Crippen LogP contribution in [-0.2, 0) is 22.7 Å². The molecule has 2 fully saturated rings. The number of nitrogens with one attached hydrogen (secondary N) is 4. The Morgan fingerprint density at radius 1 is 0.577 bits per heavy atom. The van der Waals surface area contributed by atoms with E-state index in [2.05, 4.69) is 21.3 Å². The Morgan fingerprint density at radius 3 is 1.44 bits per heavy atom. The lowest BCUT2D eigenvalue weighted by Gasteiger charge is -2.30. The van der Waals surface area contributed by atoms with E-state index in [0.717, 1.165) is 62.5 Å². The van der Waals surface area contributed by atoms with Gasteiger partial charge in [0.05, 0.1) is 22.3 Å². The number of fused-ring (bicyclic) bond motifs is 2. The first-order valence-corrected chi connectivity index (χ1v) is 18.6. The average molecular weight is 703 g/mol. The number of para-hydroxylation sites is 2. The molecular formula is C42H46N4O6. The van der Waals surface area contributed by atoms with Crippen molar-refractivity contribution in [1.82, 2.24) is 21.3 Å². The van der Waals surface area contributed by atoms with Crippen LogP contribution in [0.4, 0.5) is 0 Å². The maximum absolute atomic E-state index is 13.6. The number of carbonyl (C=O) groups is 4. The van der Waals surface area contributed by atoms with Crippen LogP contribution in [0, 0.1) is 0 Å². The van der Waals surface area contributed by atoms with Crippen LogP contribution >= 0.6 is 0 Å². The summed E-state index contributed by atoms with van der Waals surface area (Å²) in [5.41, 5.74) is 3.29. The van der Waals surface area contributed by atoms with E-state index >= 15 is 0 Å². The van der Waals surface area contributed by atoms with Crippen molar-refractivity contribution in [1.29, 1.82) is 0 Å². The lowest BCUT2D eigenvalue weighted by Crippen LogP contribution is -2.48. The Labute approximate surface area is 304 Å². The van der Waals surface area contributed by atoms with Gasteiger partial charge in [-0.1, -0.05) is 87.1 Å². The lowest BCUT2D eigenvalue weighted by atomic mass is 9.93. The predicted octanol–water partition coefficient (Wildman–Crippen LogP) is 5.82. The predicted molar refractivity (Wildman–Crippen MR) is 197 cm³/mol. The Bertz CT molecular complexity index is 1740. The molecule has 2 amide bonds. The molecule has 0 spiro atoms. The minimum Gasteiger partial charge on any atom is -0.475 e. The van der Waals surface area contributed by atoms with E-state index < -0.39 is 12.2 Å². The van der Waals surface area contributed by atoms with E-state index in [1.165, 1.54) is 12.8 Å². The summed E-state index contributed by atoms with van der Waals surface area (Å²) >= 11 is 0. The molecule has 10 heteroatoms. The molecule has 0 saturated heterocycles. The molecule has 2 unspecified atom stereocenters. The van der Waals surface area contributed by atoms with Gasteiger partial charge in [-0.15, -0.1) is 0 Å². The highest BCUT2D eigenvalue weighted by molar-refractivity contribution is 6.16. The van der Waals surface area contributed by atoms with Crippen LogP contribution in [0.5, 0.6) is 11.5 Å². The minimum atomic E-state index is -1.05. The van der Waals surface area contributed by atoms with Crippen molar-refractivity contribution in [2.75, 3.05) is 0 Å². The highest BCUT2D eigenvalue weighted by Crippen LogP contribution is 2.32. The average Bonchev–Trinajstić information content (AvgIpc) is 3.17. The van der Waals surface area contributed by atoms with E-state index in [1.807, 2.05) is 24.3 Å². The summed E-state index contributed by atoms with van der Waals surface area (Å²) in [4.78, 5) is 54.0. The third-order valence-corrected chi connectivity index (χ3v) is 10.3. The van der Waals surface area contributed by atoms with Crippen LogP contribution in [-0.4, -0.2) is 47.7 Å².